The van der Waals surface area contributed by atoms with Gasteiger partial charge >= 0.3 is 6.18 Å². The lowest BCUT2D eigenvalue weighted by Crippen LogP contribution is -2.42. The normalized spacial score (nSPS) is 22.6. The second kappa shape index (κ2) is 8.18. The zero-order valence-electron chi connectivity index (χ0n) is 16.8. The van der Waals surface area contributed by atoms with E-state index >= 15 is 0 Å². The Labute approximate surface area is 186 Å². The Balaban J connectivity index is 1.59. The van der Waals surface area contributed by atoms with Crippen LogP contribution in [0, 0.1) is 0 Å². The molecule has 4 heterocycles. The summed E-state index contributed by atoms with van der Waals surface area (Å²) >= 11 is 3.36. The Morgan fingerprint density at radius 3 is 2.71 bits per heavy atom. The molecule has 2 aromatic heterocycles. The van der Waals surface area contributed by atoms with Crippen LogP contribution in [0.4, 0.5) is 13.2 Å². The summed E-state index contributed by atoms with van der Waals surface area (Å²) in [5, 5.41) is 5.58. The van der Waals surface area contributed by atoms with Crippen molar-refractivity contribution in [3.05, 3.63) is 58.0 Å². The molecule has 9 heteroatoms. The molecule has 0 radical (unpaired) electrons. The predicted octanol–water partition coefficient (Wildman–Crippen LogP) is 5.40. The third-order valence-electron chi connectivity index (χ3n) is 6.08. The molecule has 0 N–H and O–H groups in total. The molecule has 2 unspecified atom stereocenters. The number of aromatic nitrogens is 3. The summed E-state index contributed by atoms with van der Waals surface area (Å²) in [6.07, 6.45) is 2.70. The first kappa shape index (κ1) is 20.9. The first-order valence-electron chi connectivity index (χ1n) is 10.4. The van der Waals surface area contributed by atoms with E-state index in [0.717, 1.165) is 52.4 Å². The van der Waals surface area contributed by atoms with Crippen molar-refractivity contribution in [1.82, 2.24) is 19.7 Å². The maximum atomic E-state index is 13.3. The monoisotopic (exact) mass is 494 g/mol. The average Bonchev–Trinajstić information content (AvgIpc) is 3.18. The fraction of sp³-hybridized carbons (Fsp3) is 0.455. The van der Waals surface area contributed by atoms with E-state index in [1.807, 2.05) is 29.1 Å². The summed E-state index contributed by atoms with van der Waals surface area (Å²) < 4.78 is 48.6. The number of benzene rings is 1. The first-order chi connectivity index (χ1) is 14.9. The van der Waals surface area contributed by atoms with Crippen LogP contribution in [0.3, 0.4) is 0 Å². The summed E-state index contributed by atoms with van der Waals surface area (Å²) in [7, 11) is 0. The number of ether oxygens (including phenoxy) is 1. The van der Waals surface area contributed by atoms with Gasteiger partial charge in [-0.3, -0.25) is 9.88 Å². The van der Waals surface area contributed by atoms with Crippen LogP contribution in [-0.4, -0.2) is 45.5 Å². The number of hydrogen-bond donors (Lipinski definition) is 0. The smallest absolute Gasteiger partial charge is 0.356 e. The molecule has 2 atom stereocenters. The molecule has 1 fully saturated rings. The van der Waals surface area contributed by atoms with Crippen LogP contribution < -0.4 is 0 Å². The SMILES string of the molecule is FC(F)(F)CN1CCc2c(ccc3c2cnn3C2CCCCO2)C1c1ccc(Br)cn1. The van der Waals surface area contributed by atoms with E-state index < -0.39 is 18.8 Å². The van der Waals surface area contributed by atoms with Gasteiger partial charge in [0.05, 0.1) is 30.0 Å². The highest BCUT2D eigenvalue weighted by atomic mass is 79.9. The number of halogens is 4. The van der Waals surface area contributed by atoms with Crippen molar-refractivity contribution in [2.45, 2.75) is 44.1 Å². The van der Waals surface area contributed by atoms with Crippen LogP contribution in [0.5, 0.6) is 0 Å². The van der Waals surface area contributed by atoms with Crippen molar-refractivity contribution in [3.63, 3.8) is 0 Å². The minimum absolute atomic E-state index is 0.0847. The van der Waals surface area contributed by atoms with Crippen molar-refractivity contribution in [1.29, 1.82) is 0 Å². The molecule has 1 aromatic carbocycles. The van der Waals surface area contributed by atoms with E-state index in [1.54, 1.807) is 12.3 Å². The molecule has 5 rings (SSSR count). The number of rotatable bonds is 3. The third kappa shape index (κ3) is 4.10. The molecule has 3 aromatic rings. The summed E-state index contributed by atoms with van der Waals surface area (Å²) in [4.78, 5) is 5.91. The molecule has 0 bridgehead atoms. The quantitative estimate of drug-likeness (QED) is 0.488. The Morgan fingerprint density at radius 2 is 2.00 bits per heavy atom. The summed E-state index contributed by atoms with van der Waals surface area (Å²) in [6, 6.07) is 6.95. The highest BCUT2D eigenvalue weighted by Gasteiger charge is 2.38. The number of pyridine rings is 1. The molecule has 31 heavy (non-hydrogen) atoms. The van der Waals surface area contributed by atoms with Crippen molar-refractivity contribution < 1.29 is 17.9 Å². The van der Waals surface area contributed by atoms with Crippen LogP contribution in [0.25, 0.3) is 10.9 Å². The van der Waals surface area contributed by atoms with Crippen LogP contribution >= 0.6 is 15.9 Å². The van der Waals surface area contributed by atoms with E-state index in [1.165, 1.54) is 4.90 Å². The van der Waals surface area contributed by atoms with Gasteiger partial charge < -0.3 is 4.74 Å². The number of nitrogens with zero attached hydrogens (tertiary/aromatic N) is 4. The van der Waals surface area contributed by atoms with Gasteiger partial charge in [0.25, 0.3) is 0 Å². The maximum Gasteiger partial charge on any atom is 0.401 e. The maximum absolute atomic E-state index is 13.3. The van der Waals surface area contributed by atoms with E-state index in [4.69, 9.17) is 4.74 Å². The minimum atomic E-state index is -4.28. The van der Waals surface area contributed by atoms with E-state index in [9.17, 15) is 13.2 Å². The topological polar surface area (TPSA) is 43.2 Å². The average molecular weight is 495 g/mol. The molecule has 2 aliphatic rings. The predicted molar refractivity (Wildman–Crippen MR) is 114 cm³/mol. The highest BCUT2D eigenvalue weighted by Crippen LogP contribution is 2.40. The van der Waals surface area contributed by atoms with Crippen molar-refractivity contribution >= 4 is 26.8 Å². The van der Waals surface area contributed by atoms with Crippen molar-refractivity contribution in [3.8, 4) is 0 Å². The van der Waals surface area contributed by atoms with Gasteiger partial charge in [-0.1, -0.05) is 6.07 Å². The van der Waals surface area contributed by atoms with Crippen molar-refractivity contribution in [2.75, 3.05) is 19.7 Å². The van der Waals surface area contributed by atoms with Gasteiger partial charge in [-0.25, -0.2) is 4.68 Å². The highest BCUT2D eigenvalue weighted by molar-refractivity contribution is 9.10. The second-order valence-electron chi connectivity index (χ2n) is 8.12. The van der Waals surface area contributed by atoms with Crippen LogP contribution in [0.1, 0.15) is 48.4 Å². The van der Waals surface area contributed by atoms with Gasteiger partial charge in [-0.2, -0.15) is 18.3 Å². The van der Waals surface area contributed by atoms with Crippen LogP contribution in [0.2, 0.25) is 0 Å². The molecule has 164 valence electrons. The minimum Gasteiger partial charge on any atom is -0.356 e. The molecular weight excluding hydrogens is 473 g/mol. The molecule has 2 aliphatic heterocycles. The van der Waals surface area contributed by atoms with Crippen LogP contribution in [-0.2, 0) is 11.2 Å². The molecule has 1 saturated heterocycles. The molecule has 0 saturated carbocycles. The summed E-state index contributed by atoms with van der Waals surface area (Å²) in [6.45, 7) is 0.0574. The van der Waals surface area contributed by atoms with Crippen LogP contribution in [0.15, 0.2) is 41.1 Å². The number of fused-ring (bicyclic) bond motifs is 3. The largest absolute Gasteiger partial charge is 0.401 e. The van der Waals surface area contributed by atoms with Crippen molar-refractivity contribution in [2.24, 2.45) is 0 Å². The Hall–Kier alpha value is -1.97. The summed E-state index contributed by atoms with van der Waals surface area (Å²) in [5.41, 5.74) is 3.49. The molecule has 0 spiro atoms. The zero-order valence-corrected chi connectivity index (χ0v) is 18.4. The Morgan fingerprint density at radius 1 is 1.13 bits per heavy atom. The first-order valence-corrected chi connectivity index (χ1v) is 11.2. The summed E-state index contributed by atoms with van der Waals surface area (Å²) in [5.74, 6) is 0. The number of hydrogen-bond acceptors (Lipinski definition) is 4. The van der Waals surface area contributed by atoms with E-state index in [0.29, 0.717) is 18.7 Å². The molecule has 0 aliphatic carbocycles. The standard InChI is InChI=1S/C22H22BrF3N4O/c23-14-4-6-18(27-11-14)21-16-5-7-19-17(12-28-30(19)20-3-1-2-10-31-20)15(16)8-9-29(21)13-22(24,25)26/h4-7,11-12,20-21H,1-3,8-10,13H2. The molecule has 0 amide bonds. The fourth-order valence-electron chi connectivity index (χ4n) is 4.75. The van der Waals surface area contributed by atoms with Gasteiger partial charge in [0.2, 0.25) is 0 Å². The van der Waals surface area contributed by atoms with Gasteiger partial charge in [-0.05, 0) is 70.9 Å². The Bertz CT molecular complexity index is 1080. The number of alkyl halides is 3. The van der Waals surface area contributed by atoms with Gasteiger partial charge in [0.15, 0.2) is 6.23 Å². The van der Waals surface area contributed by atoms with Gasteiger partial charge in [0, 0.05) is 29.2 Å². The van der Waals surface area contributed by atoms with E-state index in [-0.39, 0.29) is 6.23 Å². The third-order valence-corrected chi connectivity index (χ3v) is 6.55. The molecular formula is C22H22BrF3N4O. The lowest BCUT2D eigenvalue weighted by atomic mass is 9.88. The van der Waals surface area contributed by atoms with E-state index in [2.05, 4.69) is 26.0 Å². The van der Waals surface area contributed by atoms with Gasteiger partial charge in [0.1, 0.15) is 0 Å². The lowest BCUT2D eigenvalue weighted by molar-refractivity contribution is -0.150. The fourth-order valence-corrected chi connectivity index (χ4v) is 4.99. The van der Waals surface area contributed by atoms with Gasteiger partial charge in [-0.15, -0.1) is 0 Å². The Kier molecular flexibility index (Phi) is 5.52. The lowest BCUT2D eigenvalue weighted by Gasteiger charge is -2.37. The molecule has 5 nitrogen and oxygen atoms in total. The zero-order chi connectivity index (χ0) is 21.6. The second-order valence-corrected chi connectivity index (χ2v) is 9.03.